The van der Waals surface area contributed by atoms with E-state index in [1.807, 2.05) is 31.2 Å². The van der Waals surface area contributed by atoms with E-state index in [2.05, 4.69) is 21.9 Å². The van der Waals surface area contributed by atoms with Crippen molar-refractivity contribution >= 4 is 35.3 Å². The van der Waals surface area contributed by atoms with E-state index in [1.54, 1.807) is 42.5 Å². The fourth-order valence-corrected chi connectivity index (χ4v) is 2.97. The maximum Gasteiger partial charge on any atom is 0.249 e. The molecule has 0 heterocycles. The average molecular weight is 461 g/mol. The first-order chi connectivity index (χ1) is 15.9. The van der Waals surface area contributed by atoms with Crippen LogP contribution in [0.4, 0.5) is 5.69 Å². The summed E-state index contributed by atoms with van der Waals surface area (Å²) in [7, 11) is 0. The van der Waals surface area contributed by atoms with Gasteiger partial charge in [0, 0.05) is 16.3 Å². The van der Waals surface area contributed by atoms with Crippen molar-refractivity contribution in [2.24, 2.45) is 5.10 Å². The molecular weight excluding hydrogens is 440 g/mol. The third-order valence-corrected chi connectivity index (χ3v) is 4.73. The summed E-state index contributed by atoms with van der Waals surface area (Å²) in [5.74, 6) is -0.488. The minimum atomic E-state index is -0.557. The number of nitrogens with zero attached hydrogens (tertiary/aromatic N) is 2. The fraction of sp³-hybridized carbons (Fsp3) is 0.120. The Kier molecular flexibility index (Phi) is 8.17. The number of hydrogen-bond acceptors (Lipinski definition) is 5. The monoisotopic (exact) mass is 460 g/mol. The molecule has 2 amide bonds. The largest absolute Gasteiger partial charge is 0.488 e. The summed E-state index contributed by atoms with van der Waals surface area (Å²) in [6, 6.07) is 21.4. The Morgan fingerprint density at radius 2 is 1.79 bits per heavy atom. The van der Waals surface area contributed by atoms with E-state index >= 15 is 0 Å². The van der Waals surface area contributed by atoms with E-state index in [0.717, 1.165) is 11.1 Å². The van der Waals surface area contributed by atoms with Gasteiger partial charge in [-0.1, -0.05) is 41.4 Å². The Bertz CT molecular complexity index is 1200. The predicted octanol–water partition coefficient (Wildman–Crippen LogP) is 4.58. The van der Waals surface area contributed by atoms with Gasteiger partial charge in [-0.25, -0.2) is 5.43 Å². The first-order valence-corrected chi connectivity index (χ1v) is 10.4. The minimum absolute atomic E-state index is 0.278. The van der Waals surface area contributed by atoms with Gasteiger partial charge in [0.05, 0.1) is 17.8 Å². The van der Waals surface area contributed by atoms with Crippen LogP contribution in [0.1, 0.15) is 28.7 Å². The molecule has 0 aromatic heterocycles. The van der Waals surface area contributed by atoms with Crippen LogP contribution in [-0.4, -0.2) is 18.0 Å². The van der Waals surface area contributed by atoms with Crippen molar-refractivity contribution in [2.75, 3.05) is 5.32 Å². The molecule has 2 N–H and O–H groups in total. The highest BCUT2D eigenvalue weighted by molar-refractivity contribution is 6.30. The number of nitrogens with one attached hydrogen (secondary N) is 2. The zero-order valence-corrected chi connectivity index (χ0v) is 18.6. The predicted molar refractivity (Wildman–Crippen MR) is 127 cm³/mol. The van der Waals surface area contributed by atoms with Crippen LogP contribution >= 0.6 is 11.6 Å². The molecule has 0 unspecified atom stereocenters. The number of ether oxygens (including phenoxy) is 1. The van der Waals surface area contributed by atoms with Gasteiger partial charge in [-0.05, 0) is 55.0 Å². The van der Waals surface area contributed by atoms with Crippen molar-refractivity contribution < 1.29 is 14.3 Å². The number of aryl methyl sites for hydroxylation is 1. The highest BCUT2D eigenvalue weighted by atomic mass is 35.5. The van der Waals surface area contributed by atoms with Crippen molar-refractivity contribution in [2.45, 2.75) is 20.0 Å². The number of hydrogen-bond donors (Lipinski definition) is 2. The summed E-state index contributed by atoms with van der Waals surface area (Å²) in [6.45, 7) is 2.22. The van der Waals surface area contributed by atoms with E-state index < -0.39 is 11.8 Å². The summed E-state index contributed by atoms with van der Waals surface area (Å²) < 4.78 is 5.84. The number of halogens is 1. The average Bonchev–Trinajstić information content (AvgIpc) is 2.80. The Morgan fingerprint density at radius 3 is 2.48 bits per heavy atom. The van der Waals surface area contributed by atoms with E-state index in [4.69, 9.17) is 21.6 Å². The smallest absolute Gasteiger partial charge is 0.249 e. The van der Waals surface area contributed by atoms with Crippen molar-refractivity contribution in [3.63, 3.8) is 0 Å². The molecular formula is C25H21ClN4O3. The van der Waals surface area contributed by atoms with Gasteiger partial charge in [0.1, 0.15) is 18.8 Å². The number of hydrazone groups is 1. The minimum Gasteiger partial charge on any atom is -0.488 e. The van der Waals surface area contributed by atoms with Gasteiger partial charge in [0.15, 0.2) is 0 Å². The van der Waals surface area contributed by atoms with Crippen molar-refractivity contribution in [3.8, 4) is 11.8 Å². The van der Waals surface area contributed by atoms with Crippen LogP contribution in [0.15, 0.2) is 71.8 Å². The van der Waals surface area contributed by atoms with Crippen molar-refractivity contribution in [1.82, 2.24) is 5.43 Å². The molecule has 0 bridgehead atoms. The molecule has 0 aliphatic heterocycles. The third kappa shape index (κ3) is 7.49. The van der Waals surface area contributed by atoms with E-state index in [1.165, 1.54) is 6.21 Å². The topological polar surface area (TPSA) is 104 Å². The first kappa shape index (κ1) is 23.5. The van der Waals surface area contributed by atoms with Crippen LogP contribution in [0.5, 0.6) is 5.75 Å². The van der Waals surface area contributed by atoms with Crippen molar-refractivity contribution in [1.29, 1.82) is 5.26 Å². The number of anilines is 1. The Hall–Kier alpha value is -4.15. The number of carbonyl (C=O) groups excluding carboxylic acids is 2. The van der Waals surface area contributed by atoms with Crippen LogP contribution in [-0.2, 0) is 16.2 Å². The van der Waals surface area contributed by atoms with E-state index in [0.29, 0.717) is 27.6 Å². The molecule has 0 saturated heterocycles. The summed E-state index contributed by atoms with van der Waals surface area (Å²) >= 11 is 6.08. The van der Waals surface area contributed by atoms with Crippen LogP contribution in [0.25, 0.3) is 0 Å². The molecule has 8 heteroatoms. The van der Waals surface area contributed by atoms with Gasteiger partial charge in [-0.15, -0.1) is 0 Å². The zero-order chi connectivity index (χ0) is 23.6. The van der Waals surface area contributed by atoms with Gasteiger partial charge >= 0.3 is 0 Å². The van der Waals surface area contributed by atoms with Crippen LogP contribution in [0.3, 0.4) is 0 Å². The van der Waals surface area contributed by atoms with Crippen LogP contribution in [0, 0.1) is 18.3 Å². The molecule has 166 valence electrons. The second-order valence-corrected chi connectivity index (χ2v) is 7.60. The first-order valence-electron chi connectivity index (χ1n) is 10.0. The molecule has 0 aliphatic rings. The number of rotatable bonds is 8. The number of carbonyl (C=O) groups is 2. The lowest BCUT2D eigenvalue weighted by Gasteiger charge is -2.10. The van der Waals surface area contributed by atoms with E-state index in [-0.39, 0.29) is 13.0 Å². The number of amides is 2. The maximum atomic E-state index is 12.0. The molecule has 0 saturated carbocycles. The van der Waals surface area contributed by atoms with Gasteiger partial charge in [0.2, 0.25) is 11.8 Å². The number of benzene rings is 3. The van der Waals surface area contributed by atoms with Gasteiger partial charge < -0.3 is 10.1 Å². The van der Waals surface area contributed by atoms with Crippen LogP contribution in [0.2, 0.25) is 5.02 Å². The molecule has 3 aromatic carbocycles. The maximum absolute atomic E-state index is 12.0. The summed E-state index contributed by atoms with van der Waals surface area (Å²) in [6.07, 6.45) is 1.03. The summed E-state index contributed by atoms with van der Waals surface area (Å²) in [4.78, 5) is 24.1. The third-order valence-electron chi connectivity index (χ3n) is 4.50. The quantitative estimate of drug-likeness (QED) is 0.291. The van der Waals surface area contributed by atoms with Gasteiger partial charge in [-0.3, -0.25) is 9.59 Å². The second kappa shape index (κ2) is 11.5. The molecule has 7 nitrogen and oxygen atoms in total. The molecule has 33 heavy (non-hydrogen) atoms. The van der Waals surface area contributed by atoms with Crippen molar-refractivity contribution in [3.05, 3.63) is 94.0 Å². The summed E-state index contributed by atoms with van der Waals surface area (Å²) in [5.41, 5.74) is 6.03. The Balaban J connectivity index is 1.55. The molecule has 3 aromatic rings. The Morgan fingerprint density at radius 1 is 1.06 bits per heavy atom. The second-order valence-electron chi connectivity index (χ2n) is 7.16. The lowest BCUT2D eigenvalue weighted by Crippen LogP contribution is -2.24. The van der Waals surface area contributed by atoms with Crippen LogP contribution < -0.4 is 15.5 Å². The molecule has 0 aliphatic carbocycles. The summed E-state index contributed by atoms with van der Waals surface area (Å²) in [5, 5.41) is 15.9. The molecule has 0 fully saturated rings. The molecule has 0 spiro atoms. The molecule has 0 atom stereocenters. The fourth-order valence-electron chi connectivity index (χ4n) is 2.79. The molecule has 0 radical (unpaired) electrons. The normalized spacial score (nSPS) is 10.5. The zero-order valence-electron chi connectivity index (χ0n) is 17.8. The highest BCUT2D eigenvalue weighted by Gasteiger charge is 2.09. The number of nitriles is 1. The Labute approximate surface area is 196 Å². The molecule has 3 rings (SSSR count). The lowest BCUT2D eigenvalue weighted by atomic mass is 10.1. The van der Waals surface area contributed by atoms with Gasteiger partial charge in [0.25, 0.3) is 0 Å². The SMILES string of the molecule is Cc1ccc(NC(=O)CC(=O)NN=Cc2cc(Cl)ccc2OCc2ccc(C#N)cc2)cc1. The standard InChI is InChI=1S/C25H21ClN4O3/c1-17-2-9-22(10-3-17)29-24(31)13-25(32)30-28-15-20-12-21(26)8-11-23(20)33-16-19-6-4-18(14-27)5-7-19/h2-12,15H,13,16H2,1H3,(H,29,31)(H,30,32). The lowest BCUT2D eigenvalue weighted by molar-refractivity contribution is -0.126. The van der Waals surface area contributed by atoms with Gasteiger partial charge in [-0.2, -0.15) is 10.4 Å². The highest BCUT2D eigenvalue weighted by Crippen LogP contribution is 2.22. The van der Waals surface area contributed by atoms with E-state index in [9.17, 15) is 9.59 Å².